The Kier molecular flexibility index (Phi) is 2.36. The van der Waals surface area contributed by atoms with Gasteiger partial charge in [-0.3, -0.25) is 5.10 Å². The van der Waals surface area contributed by atoms with Gasteiger partial charge in [-0.1, -0.05) is 0 Å². The second-order valence-corrected chi connectivity index (χ2v) is 3.75. The summed E-state index contributed by atoms with van der Waals surface area (Å²) in [7, 11) is 1.31. The molecule has 0 bridgehead atoms. The fraction of sp³-hybridized carbons (Fsp3) is 0.111. The van der Waals surface area contributed by atoms with Gasteiger partial charge >= 0.3 is 5.97 Å². The van der Waals surface area contributed by atoms with Crippen molar-refractivity contribution >= 4 is 38.5 Å². The number of nitrogens with one attached hydrogen (secondary N) is 1. The Morgan fingerprint density at radius 2 is 2.33 bits per heavy atom. The van der Waals surface area contributed by atoms with Crippen molar-refractivity contribution in [1.82, 2.24) is 10.2 Å². The van der Waals surface area contributed by atoms with Crippen molar-refractivity contribution in [3.63, 3.8) is 0 Å². The summed E-state index contributed by atoms with van der Waals surface area (Å²) in [6.07, 6.45) is 0. The van der Waals surface area contributed by atoms with Gasteiger partial charge in [0.15, 0.2) is 5.69 Å². The number of ether oxygens (including phenoxy) is 1. The van der Waals surface area contributed by atoms with Crippen LogP contribution in [0.5, 0.6) is 0 Å². The van der Waals surface area contributed by atoms with Crippen LogP contribution in [0.1, 0.15) is 10.5 Å². The number of methoxy groups -OCH3 is 1. The van der Waals surface area contributed by atoms with Gasteiger partial charge < -0.3 is 10.5 Å². The number of nitrogen functional groups attached to an aromatic ring is 1. The van der Waals surface area contributed by atoms with E-state index in [2.05, 4.69) is 30.9 Å². The van der Waals surface area contributed by atoms with Crippen LogP contribution in [0.15, 0.2) is 16.6 Å². The molecule has 0 amide bonds. The second-order valence-electron chi connectivity index (χ2n) is 2.96. The maximum atomic E-state index is 11.4. The summed E-state index contributed by atoms with van der Waals surface area (Å²) in [6, 6.07) is 3.49. The molecular weight excluding hydrogens is 262 g/mol. The van der Waals surface area contributed by atoms with E-state index in [1.807, 2.05) is 0 Å². The summed E-state index contributed by atoms with van der Waals surface area (Å²) in [6.45, 7) is 0. The lowest BCUT2D eigenvalue weighted by Crippen LogP contribution is -2.02. The third kappa shape index (κ3) is 1.46. The monoisotopic (exact) mass is 269 g/mol. The van der Waals surface area contributed by atoms with E-state index >= 15 is 0 Å². The van der Waals surface area contributed by atoms with Gasteiger partial charge in [0, 0.05) is 5.69 Å². The summed E-state index contributed by atoms with van der Waals surface area (Å²) in [4.78, 5) is 11.4. The summed E-state index contributed by atoms with van der Waals surface area (Å²) in [5, 5.41) is 7.26. The number of aromatic amines is 1. The Balaban J connectivity index is 2.77. The van der Waals surface area contributed by atoms with E-state index in [4.69, 9.17) is 5.73 Å². The van der Waals surface area contributed by atoms with E-state index in [1.54, 1.807) is 12.1 Å². The van der Waals surface area contributed by atoms with Crippen molar-refractivity contribution in [2.24, 2.45) is 0 Å². The van der Waals surface area contributed by atoms with Crippen LogP contribution in [-0.2, 0) is 4.74 Å². The molecule has 0 saturated heterocycles. The summed E-state index contributed by atoms with van der Waals surface area (Å²) in [5.41, 5.74) is 7.23. The lowest BCUT2D eigenvalue weighted by Gasteiger charge is -2.00. The van der Waals surface area contributed by atoms with Gasteiger partial charge in [-0.05, 0) is 28.1 Å². The van der Waals surface area contributed by atoms with Crippen molar-refractivity contribution in [1.29, 1.82) is 0 Å². The number of fused-ring (bicyclic) bond motifs is 1. The minimum absolute atomic E-state index is 0.228. The van der Waals surface area contributed by atoms with E-state index < -0.39 is 5.97 Å². The number of carbonyl (C=O) groups is 1. The lowest BCUT2D eigenvalue weighted by atomic mass is 10.2. The number of anilines is 1. The molecule has 1 aromatic heterocycles. The predicted molar refractivity (Wildman–Crippen MR) is 59.5 cm³/mol. The smallest absolute Gasteiger partial charge is 0.359 e. The average molecular weight is 270 g/mol. The Hall–Kier alpha value is -1.56. The van der Waals surface area contributed by atoms with Gasteiger partial charge in [0.05, 0.1) is 22.5 Å². The molecule has 6 heteroatoms. The Morgan fingerprint density at radius 3 is 3.00 bits per heavy atom. The molecule has 0 spiro atoms. The van der Waals surface area contributed by atoms with Crippen molar-refractivity contribution in [2.75, 3.05) is 12.8 Å². The normalized spacial score (nSPS) is 10.5. The first-order valence-electron chi connectivity index (χ1n) is 4.15. The van der Waals surface area contributed by atoms with Crippen molar-refractivity contribution < 1.29 is 9.53 Å². The number of halogens is 1. The van der Waals surface area contributed by atoms with Crippen molar-refractivity contribution in [3.8, 4) is 0 Å². The third-order valence-electron chi connectivity index (χ3n) is 2.08. The number of hydrogen-bond donors (Lipinski definition) is 2. The summed E-state index contributed by atoms with van der Waals surface area (Å²) >= 11 is 3.32. The molecule has 0 aliphatic rings. The SMILES string of the molecule is COC(=O)c1n[nH]c2ccc(N)c(Br)c12. The molecule has 3 N–H and O–H groups in total. The first kappa shape index (κ1) is 9.97. The second kappa shape index (κ2) is 3.54. The van der Waals surface area contributed by atoms with Crippen LogP contribution in [-0.4, -0.2) is 23.3 Å². The minimum atomic E-state index is -0.493. The van der Waals surface area contributed by atoms with Crippen LogP contribution in [0.2, 0.25) is 0 Å². The number of benzene rings is 1. The van der Waals surface area contributed by atoms with Gasteiger partial charge in [-0.15, -0.1) is 0 Å². The fourth-order valence-electron chi connectivity index (χ4n) is 1.33. The highest BCUT2D eigenvalue weighted by molar-refractivity contribution is 9.10. The summed E-state index contributed by atoms with van der Waals surface area (Å²) in [5.74, 6) is -0.493. The number of nitrogens with zero attached hydrogens (tertiary/aromatic N) is 1. The van der Waals surface area contributed by atoms with Crippen molar-refractivity contribution in [2.45, 2.75) is 0 Å². The molecule has 1 heterocycles. The maximum absolute atomic E-state index is 11.4. The molecule has 0 aliphatic carbocycles. The number of aromatic nitrogens is 2. The largest absolute Gasteiger partial charge is 0.464 e. The topological polar surface area (TPSA) is 81.0 Å². The van der Waals surface area contributed by atoms with Crippen LogP contribution in [0.4, 0.5) is 5.69 Å². The molecule has 0 aliphatic heterocycles. The van der Waals surface area contributed by atoms with E-state index in [-0.39, 0.29) is 5.69 Å². The van der Waals surface area contributed by atoms with Gasteiger partial charge in [0.1, 0.15) is 0 Å². The number of hydrogen-bond acceptors (Lipinski definition) is 4. The molecule has 15 heavy (non-hydrogen) atoms. The van der Waals surface area contributed by atoms with Crippen LogP contribution in [0.25, 0.3) is 10.9 Å². The number of nitrogens with two attached hydrogens (primary N) is 1. The standard InChI is InChI=1S/C9H8BrN3O2/c1-15-9(14)8-6-5(12-13-8)3-2-4(11)7(6)10/h2-3H,11H2,1H3,(H,12,13). The van der Waals surface area contributed by atoms with Crippen LogP contribution >= 0.6 is 15.9 Å². The Bertz CT molecular complexity index is 535. The zero-order valence-corrected chi connectivity index (χ0v) is 9.46. The molecule has 1 aromatic carbocycles. The van der Waals surface area contributed by atoms with Crippen LogP contribution in [0.3, 0.4) is 0 Å². The number of H-pyrrole nitrogens is 1. The minimum Gasteiger partial charge on any atom is -0.464 e. The highest BCUT2D eigenvalue weighted by Gasteiger charge is 2.17. The van der Waals surface area contributed by atoms with Crippen LogP contribution in [0, 0.1) is 0 Å². The molecule has 0 atom stereocenters. The predicted octanol–water partition coefficient (Wildman–Crippen LogP) is 1.69. The molecule has 78 valence electrons. The van der Waals surface area contributed by atoms with E-state index in [9.17, 15) is 4.79 Å². The van der Waals surface area contributed by atoms with E-state index in [1.165, 1.54) is 7.11 Å². The first-order chi connectivity index (χ1) is 7.15. The average Bonchev–Trinajstić information content (AvgIpc) is 2.67. The zero-order chi connectivity index (χ0) is 11.0. The summed E-state index contributed by atoms with van der Waals surface area (Å²) < 4.78 is 5.26. The van der Waals surface area contributed by atoms with Gasteiger partial charge in [0.2, 0.25) is 0 Å². The molecular formula is C9H8BrN3O2. The maximum Gasteiger partial charge on any atom is 0.359 e. The molecule has 0 unspecified atom stereocenters. The molecule has 0 radical (unpaired) electrons. The molecule has 0 saturated carbocycles. The quantitative estimate of drug-likeness (QED) is 0.610. The highest BCUT2D eigenvalue weighted by atomic mass is 79.9. The fourth-order valence-corrected chi connectivity index (χ4v) is 1.87. The van der Waals surface area contributed by atoms with Crippen molar-refractivity contribution in [3.05, 3.63) is 22.3 Å². The molecule has 0 fully saturated rings. The van der Waals surface area contributed by atoms with E-state index in [0.717, 1.165) is 5.52 Å². The molecule has 5 nitrogen and oxygen atoms in total. The Morgan fingerprint density at radius 1 is 1.60 bits per heavy atom. The number of rotatable bonds is 1. The van der Waals surface area contributed by atoms with Gasteiger partial charge in [0.25, 0.3) is 0 Å². The van der Waals surface area contributed by atoms with E-state index in [0.29, 0.717) is 15.5 Å². The lowest BCUT2D eigenvalue weighted by molar-refractivity contribution is 0.0596. The molecule has 2 rings (SSSR count). The number of esters is 1. The first-order valence-corrected chi connectivity index (χ1v) is 4.95. The highest BCUT2D eigenvalue weighted by Crippen LogP contribution is 2.30. The van der Waals surface area contributed by atoms with Gasteiger partial charge in [-0.2, -0.15) is 5.10 Å². The third-order valence-corrected chi connectivity index (χ3v) is 2.93. The Labute approximate surface area is 93.7 Å². The molecule has 2 aromatic rings. The van der Waals surface area contributed by atoms with Crippen LogP contribution < -0.4 is 5.73 Å². The number of carbonyl (C=O) groups excluding carboxylic acids is 1. The zero-order valence-electron chi connectivity index (χ0n) is 7.87. The van der Waals surface area contributed by atoms with Gasteiger partial charge in [-0.25, -0.2) is 4.79 Å².